The van der Waals surface area contributed by atoms with Crippen LogP contribution in [-0.4, -0.2) is 71.3 Å². The number of morpholine rings is 1. The minimum Gasteiger partial charge on any atom is -0.384 e. The van der Waals surface area contributed by atoms with Crippen LogP contribution in [0.15, 0.2) is 66.3 Å². The lowest BCUT2D eigenvalue weighted by atomic mass is 10.0. The number of hydrogen-bond acceptors (Lipinski definition) is 7. The fourth-order valence-corrected chi connectivity index (χ4v) is 5.66. The van der Waals surface area contributed by atoms with E-state index in [2.05, 4.69) is 52.8 Å². The Morgan fingerprint density at radius 2 is 1.76 bits per heavy atom. The van der Waals surface area contributed by atoms with Gasteiger partial charge >= 0.3 is 0 Å². The smallest absolute Gasteiger partial charge is 0.271 e. The normalized spacial score (nSPS) is 17.8. The molecule has 3 aromatic rings. The number of hydrogen-bond donors (Lipinski definition) is 2. The van der Waals surface area contributed by atoms with Crippen LogP contribution in [0.25, 0.3) is 12.2 Å². The third-order valence-electron chi connectivity index (χ3n) is 7.58. The largest absolute Gasteiger partial charge is 0.384 e. The number of likely N-dealkylation sites (N-methyl/N-ethyl adjacent to an activating group) is 1. The zero-order valence-corrected chi connectivity index (χ0v) is 26.5. The molecule has 0 saturated carbocycles. The van der Waals surface area contributed by atoms with E-state index in [0.29, 0.717) is 28.7 Å². The predicted molar refractivity (Wildman–Crippen MR) is 173 cm³/mol. The maximum Gasteiger partial charge on any atom is 0.271 e. The molecule has 2 N–H and O–H groups in total. The average Bonchev–Trinajstić information content (AvgIpc) is 3.41. The van der Waals surface area contributed by atoms with Gasteiger partial charge in [0.2, 0.25) is 0 Å². The second-order valence-electron chi connectivity index (χ2n) is 11.7. The monoisotopic (exact) mass is 615 g/mol. The molecule has 0 aliphatic carbocycles. The highest BCUT2D eigenvalue weighted by atomic mass is 19.1. The molecule has 2 heterocycles. The predicted octanol–water partition coefficient (Wildman–Crippen LogP) is 4.79. The summed E-state index contributed by atoms with van der Waals surface area (Å²) in [5, 5.41) is 5.55. The Morgan fingerprint density at radius 3 is 2.40 bits per heavy atom. The molecule has 2 atom stereocenters. The molecule has 0 spiro atoms. The number of rotatable bonds is 13. The first-order valence-corrected chi connectivity index (χ1v) is 15.3. The van der Waals surface area contributed by atoms with Crippen molar-refractivity contribution in [1.82, 2.24) is 25.1 Å². The fourth-order valence-electron chi connectivity index (χ4n) is 5.66. The molecule has 0 radical (unpaired) electrons. The van der Waals surface area contributed by atoms with E-state index >= 15 is 0 Å². The third kappa shape index (κ3) is 9.06. The molecule has 2 aromatic carbocycles. The first-order valence-electron chi connectivity index (χ1n) is 15.3. The molecule has 1 saturated heterocycles. The van der Waals surface area contributed by atoms with Crippen LogP contribution >= 0.6 is 0 Å². The lowest BCUT2D eigenvalue weighted by Crippen LogP contribution is -2.45. The number of imidazole rings is 1. The summed E-state index contributed by atoms with van der Waals surface area (Å²) in [6.07, 6.45) is 6.96. The van der Waals surface area contributed by atoms with Gasteiger partial charge in [0.1, 0.15) is 11.5 Å². The van der Waals surface area contributed by atoms with Gasteiger partial charge in [0.25, 0.3) is 5.91 Å². The second-order valence-corrected chi connectivity index (χ2v) is 11.7. The number of nitrogens with zero attached hydrogens (tertiary/aromatic N) is 3. The molecule has 1 aromatic heterocycles. The molecule has 9 nitrogen and oxygen atoms in total. The van der Waals surface area contributed by atoms with Crippen LogP contribution in [0.1, 0.15) is 72.9 Å². The Balaban J connectivity index is 1.46. The van der Waals surface area contributed by atoms with Gasteiger partial charge in [-0.15, -0.1) is 0 Å². The molecule has 1 fully saturated rings. The number of allylic oxidation sites excluding steroid dienone is 1. The van der Waals surface area contributed by atoms with Crippen molar-refractivity contribution in [3.8, 4) is 0 Å². The zero-order chi connectivity index (χ0) is 32.5. The summed E-state index contributed by atoms with van der Waals surface area (Å²) in [6, 6.07) is 12.1. The summed E-state index contributed by atoms with van der Waals surface area (Å²) in [5.41, 5.74) is 3.23. The highest BCUT2D eigenvalue weighted by molar-refractivity contribution is 6.09. The van der Waals surface area contributed by atoms with Crippen LogP contribution in [0, 0.1) is 5.82 Å². The molecule has 1 amide bonds. The van der Waals surface area contributed by atoms with Gasteiger partial charge in [-0.1, -0.05) is 32.0 Å². The van der Waals surface area contributed by atoms with Crippen molar-refractivity contribution in [2.24, 2.45) is 0 Å². The number of benzene rings is 2. The van der Waals surface area contributed by atoms with E-state index in [1.807, 2.05) is 0 Å². The standard InChI is InChI=1S/C35H42FN5O4/c1-23(2)33-31(38-22-41(33)15-7-14-40-19-24(3)45-25(4)20-40)18-30(21-42)39-35(44)32(37-5)17-26-8-6-9-28(16-26)34(43)27-10-12-29(36)13-11-27/h6,8-13,16-18,21-25,37H,7,14-15,19-20H2,1-5H3,(H,39,44)/b30-18-,32-17-. The van der Waals surface area contributed by atoms with Gasteiger partial charge in [-0.25, -0.2) is 9.37 Å². The van der Waals surface area contributed by atoms with Gasteiger partial charge in [-0.3, -0.25) is 19.3 Å². The van der Waals surface area contributed by atoms with Gasteiger partial charge in [-0.05, 0) is 74.2 Å². The number of ether oxygens (including phenoxy) is 1. The van der Waals surface area contributed by atoms with E-state index < -0.39 is 11.7 Å². The Bertz CT molecular complexity index is 1550. The van der Waals surface area contributed by atoms with Crippen molar-refractivity contribution in [1.29, 1.82) is 0 Å². The van der Waals surface area contributed by atoms with E-state index in [-0.39, 0.29) is 35.3 Å². The van der Waals surface area contributed by atoms with Crippen molar-refractivity contribution in [3.05, 3.63) is 100 Å². The molecule has 1 aliphatic heterocycles. The summed E-state index contributed by atoms with van der Waals surface area (Å²) in [4.78, 5) is 45.1. The summed E-state index contributed by atoms with van der Waals surface area (Å²) in [7, 11) is 1.60. The Hall–Kier alpha value is -4.41. The van der Waals surface area contributed by atoms with Crippen molar-refractivity contribution >= 4 is 30.1 Å². The van der Waals surface area contributed by atoms with E-state index in [9.17, 15) is 18.8 Å². The summed E-state index contributed by atoms with van der Waals surface area (Å²) in [6.45, 7) is 11.9. The number of carbonyl (C=O) groups is 3. The van der Waals surface area contributed by atoms with Gasteiger partial charge in [-0.2, -0.15) is 0 Å². The van der Waals surface area contributed by atoms with Crippen LogP contribution < -0.4 is 10.6 Å². The number of carbonyl (C=O) groups excluding carboxylic acids is 3. The molecule has 4 rings (SSSR count). The first kappa shape index (κ1) is 33.5. The van der Waals surface area contributed by atoms with Crippen molar-refractivity contribution < 1.29 is 23.5 Å². The lowest BCUT2D eigenvalue weighted by Gasteiger charge is -2.35. The number of nitrogens with one attached hydrogen (secondary N) is 2. The Kier molecular flexibility index (Phi) is 11.6. The number of aryl methyl sites for hydroxylation is 1. The molecular formula is C35H42FN5O4. The number of aromatic nitrogens is 2. The van der Waals surface area contributed by atoms with Gasteiger partial charge in [0.05, 0.1) is 29.9 Å². The molecule has 0 bridgehead atoms. The maximum atomic E-state index is 13.3. The molecule has 238 valence electrons. The summed E-state index contributed by atoms with van der Waals surface area (Å²) in [5.74, 6) is -1.07. The number of halogens is 1. The summed E-state index contributed by atoms with van der Waals surface area (Å²) >= 11 is 0. The maximum absolute atomic E-state index is 13.3. The lowest BCUT2D eigenvalue weighted by molar-refractivity contribution is -0.118. The van der Waals surface area contributed by atoms with Crippen LogP contribution in [0.4, 0.5) is 4.39 Å². The van der Waals surface area contributed by atoms with Crippen LogP contribution in [-0.2, 0) is 20.9 Å². The highest BCUT2D eigenvalue weighted by Gasteiger charge is 2.22. The van der Waals surface area contributed by atoms with Gasteiger partial charge < -0.3 is 19.9 Å². The molecule has 45 heavy (non-hydrogen) atoms. The minimum absolute atomic E-state index is 0.0739. The quantitative estimate of drug-likeness (QED) is 0.162. The van der Waals surface area contributed by atoms with Crippen LogP contribution in [0.2, 0.25) is 0 Å². The average molecular weight is 616 g/mol. The molecule has 1 aliphatic rings. The zero-order valence-electron chi connectivity index (χ0n) is 26.5. The van der Waals surface area contributed by atoms with Crippen LogP contribution in [0.3, 0.4) is 0 Å². The first-order chi connectivity index (χ1) is 21.6. The van der Waals surface area contributed by atoms with E-state index in [1.165, 1.54) is 24.3 Å². The summed E-state index contributed by atoms with van der Waals surface area (Å²) < 4.78 is 21.3. The number of aldehydes is 1. The van der Waals surface area contributed by atoms with Crippen molar-refractivity contribution in [2.75, 3.05) is 26.7 Å². The molecule has 2 unspecified atom stereocenters. The minimum atomic E-state index is -0.523. The van der Waals surface area contributed by atoms with Crippen molar-refractivity contribution in [2.45, 2.75) is 58.8 Å². The highest BCUT2D eigenvalue weighted by Crippen LogP contribution is 2.22. The number of ketones is 1. The van der Waals surface area contributed by atoms with E-state index in [0.717, 1.165) is 38.3 Å². The van der Waals surface area contributed by atoms with Gasteiger partial charge in [0.15, 0.2) is 12.1 Å². The van der Waals surface area contributed by atoms with E-state index in [4.69, 9.17) is 4.74 Å². The molecule has 10 heteroatoms. The van der Waals surface area contributed by atoms with E-state index in [1.54, 1.807) is 49.8 Å². The second kappa shape index (κ2) is 15.5. The topological polar surface area (TPSA) is 106 Å². The fraction of sp³-hybridized carbons (Fsp3) is 0.371. The molecular weight excluding hydrogens is 573 g/mol. The van der Waals surface area contributed by atoms with Crippen LogP contribution in [0.5, 0.6) is 0 Å². The SMILES string of the molecule is CN/C(=C\c1cccc(C(=O)c2ccc(F)cc2)c1)C(=O)N/C(C=O)=C\c1ncn(CCCN2CC(C)OC(C)C2)c1C(C)C. The Morgan fingerprint density at radius 1 is 1.04 bits per heavy atom. The van der Waals surface area contributed by atoms with Crippen molar-refractivity contribution in [3.63, 3.8) is 0 Å². The third-order valence-corrected chi connectivity index (χ3v) is 7.58. The Labute approximate surface area is 264 Å². The van der Waals surface area contributed by atoms with Gasteiger partial charge in [0, 0.05) is 50.0 Å². The number of amides is 1.